The molecule has 0 atom stereocenters. The Balaban J connectivity index is 2.49. The first-order valence-corrected chi connectivity index (χ1v) is 5.11. The maximum absolute atomic E-state index is 11.8. The van der Waals surface area contributed by atoms with Gasteiger partial charge in [-0.1, -0.05) is 42.5 Å². The molecule has 2 rings (SSSR count). The predicted octanol–water partition coefficient (Wildman–Crippen LogP) is 2.66. The van der Waals surface area contributed by atoms with Crippen LogP contribution < -0.4 is 0 Å². The van der Waals surface area contributed by atoms with Crippen LogP contribution in [0.2, 0.25) is 0 Å². The largest absolute Gasteiger partial charge is 0.478 e. The summed E-state index contributed by atoms with van der Waals surface area (Å²) in [6.45, 7) is 0. The molecule has 0 aliphatic heterocycles. The summed E-state index contributed by atoms with van der Waals surface area (Å²) in [6, 6.07) is 12.9. The van der Waals surface area contributed by atoms with Gasteiger partial charge in [-0.25, -0.2) is 4.79 Å². The Kier molecular flexibility index (Phi) is 3.01. The Morgan fingerprint density at radius 2 is 1.65 bits per heavy atom. The third-order valence-corrected chi connectivity index (χ3v) is 2.43. The van der Waals surface area contributed by atoms with Gasteiger partial charge in [-0.3, -0.25) is 4.79 Å². The van der Waals surface area contributed by atoms with Crippen LogP contribution >= 0.6 is 0 Å². The van der Waals surface area contributed by atoms with E-state index >= 15 is 0 Å². The number of carbonyl (C=O) groups excluding carboxylic acids is 1. The summed E-state index contributed by atoms with van der Waals surface area (Å²) < 4.78 is 0. The number of carbonyl (C=O) groups is 2. The molecule has 3 nitrogen and oxygen atoms in total. The van der Waals surface area contributed by atoms with E-state index in [1.165, 1.54) is 0 Å². The van der Waals surface area contributed by atoms with Crippen molar-refractivity contribution in [3.8, 4) is 0 Å². The summed E-state index contributed by atoms with van der Waals surface area (Å²) in [4.78, 5) is 22.2. The lowest BCUT2D eigenvalue weighted by Gasteiger charge is -2.02. The van der Waals surface area contributed by atoms with Crippen LogP contribution in [0.1, 0.15) is 10.4 Å². The van der Waals surface area contributed by atoms with Gasteiger partial charge >= 0.3 is 5.97 Å². The van der Waals surface area contributed by atoms with E-state index in [-0.39, 0.29) is 5.78 Å². The molecule has 0 spiro atoms. The second-order valence-corrected chi connectivity index (χ2v) is 3.56. The van der Waals surface area contributed by atoms with Crippen molar-refractivity contribution < 1.29 is 14.7 Å². The van der Waals surface area contributed by atoms with Crippen LogP contribution in [0.25, 0.3) is 10.8 Å². The fourth-order valence-corrected chi connectivity index (χ4v) is 1.68. The second-order valence-electron chi connectivity index (χ2n) is 3.56. The number of hydrogen-bond acceptors (Lipinski definition) is 2. The summed E-state index contributed by atoms with van der Waals surface area (Å²) in [5.74, 6) is -1.43. The number of ketones is 1. The van der Waals surface area contributed by atoms with Crippen molar-refractivity contribution in [2.24, 2.45) is 0 Å². The first-order valence-electron chi connectivity index (χ1n) is 5.11. The molecule has 0 heterocycles. The zero-order chi connectivity index (χ0) is 12.3. The van der Waals surface area contributed by atoms with E-state index in [1.807, 2.05) is 30.3 Å². The van der Waals surface area contributed by atoms with Crippen molar-refractivity contribution in [3.05, 3.63) is 60.2 Å². The van der Waals surface area contributed by atoms with Crippen LogP contribution in [0, 0.1) is 0 Å². The predicted molar refractivity (Wildman–Crippen MR) is 65.1 cm³/mol. The molecular formula is C14H10O3. The topological polar surface area (TPSA) is 54.4 Å². The molecule has 2 aromatic rings. The van der Waals surface area contributed by atoms with Crippen LogP contribution in [0.3, 0.4) is 0 Å². The van der Waals surface area contributed by atoms with Gasteiger partial charge in [0.1, 0.15) is 0 Å². The van der Waals surface area contributed by atoms with Crippen molar-refractivity contribution >= 4 is 22.5 Å². The van der Waals surface area contributed by atoms with Crippen LogP contribution in [-0.4, -0.2) is 16.9 Å². The number of benzene rings is 2. The highest BCUT2D eigenvalue weighted by molar-refractivity contribution is 6.14. The van der Waals surface area contributed by atoms with Gasteiger partial charge in [-0.05, 0) is 16.8 Å². The van der Waals surface area contributed by atoms with E-state index in [2.05, 4.69) is 0 Å². The van der Waals surface area contributed by atoms with Crippen LogP contribution in [-0.2, 0) is 4.79 Å². The quantitative estimate of drug-likeness (QED) is 0.646. The Bertz CT molecular complexity index is 606. The van der Waals surface area contributed by atoms with E-state index in [1.54, 1.807) is 12.1 Å². The van der Waals surface area contributed by atoms with E-state index in [0.717, 1.165) is 22.9 Å². The fraction of sp³-hybridized carbons (Fsp3) is 0. The monoisotopic (exact) mass is 226 g/mol. The number of carboxylic acid groups (broad SMARTS) is 1. The first-order chi connectivity index (χ1) is 8.18. The molecule has 2 aromatic carbocycles. The Labute approximate surface area is 98.0 Å². The molecule has 0 saturated carbocycles. The third kappa shape index (κ3) is 2.39. The number of rotatable bonds is 3. The maximum Gasteiger partial charge on any atom is 0.328 e. The summed E-state index contributed by atoms with van der Waals surface area (Å²) in [5.41, 5.74) is 0.514. The Morgan fingerprint density at radius 1 is 0.941 bits per heavy atom. The van der Waals surface area contributed by atoms with E-state index in [9.17, 15) is 9.59 Å². The fourth-order valence-electron chi connectivity index (χ4n) is 1.68. The van der Waals surface area contributed by atoms with Crippen molar-refractivity contribution in [2.45, 2.75) is 0 Å². The van der Waals surface area contributed by atoms with Crippen molar-refractivity contribution in [1.29, 1.82) is 0 Å². The van der Waals surface area contributed by atoms with Crippen molar-refractivity contribution in [3.63, 3.8) is 0 Å². The molecule has 0 aliphatic rings. The minimum Gasteiger partial charge on any atom is -0.478 e. The summed E-state index contributed by atoms with van der Waals surface area (Å²) in [5, 5.41) is 10.3. The molecule has 1 N–H and O–H groups in total. The van der Waals surface area contributed by atoms with E-state index in [0.29, 0.717) is 5.56 Å². The molecule has 0 aliphatic carbocycles. The summed E-state index contributed by atoms with van der Waals surface area (Å²) in [7, 11) is 0. The first kappa shape index (κ1) is 11.1. The Hall–Kier alpha value is -2.42. The van der Waals surface area contributed by atoms with Gasteiger partial charge in [0.15, 0.2) is 5.78 Å². The van der Waals surface area contributed by atoms with Gasteiger partial charge in [0, 0.05) is 11.6 Å². The van der Waals surface area contributed by atoms with Gasteiger partial charge < -0.3 is 5.11 Å². The van der Waals surface area contributed by atoms with Crippen LogP contribution in [0.4, 0.5) is 0 Å². The standard InChI is InChI=1S/C14H10O3/c15-13(8-9-14(16)17)12-7-3-5-10-4-1-2-6-11(10)12/h1-9H,(H,16,17). The molecular weight excluding hydrogens is 216 g/mol. The number of carboxylic acids is 1. The van der Waals surface area contributed by atoms with Crippen LogP contribution in [0.15, 0.2) is 54.6 Å². The molecule has 3 heteroatoms. The van der Waals surface area contributed by atoms with E-state index < -0.39 is 5.97 Å². The maximum atomic E-state index is 11.8. The van der Waals surface area contributed by atoms with Gasteiger partial charge in [0.2, 0.25) is 0 Å². The molecule has 84 valence electrons. The van der Waals surface area contributed by atoms with Gasteiger partial charge in [0.05, 0.1) is 0 Å². The smallest absolute Gasteiger partial charge is 0.328 e. The van der Waals surface area contributed by atoms with Gasteiger partial charge in [0.25, 0.3) is 0 Å². The lowest BCUT2D eigenvalue weighted by atomic mass is 10.0. The minimum atomic E-state index is -1.13. The normalized spacial score (nSPS) is 10.8. The number of allylic oxidation sites excluding steroid dienone is 1. The molecule has 0 amide bonds. The molecule has 0 fully saturated rings. The lowest BCUT2D eigenvalue weighted by molar-refractivity contribution is -0.131. The van der Waals surface area contributed by atoms with E-state index in [4.69, 9.17) is 5.11 Å². The number of hydrogen-bond donors (Lipinski definition) is 1. The lowest BCUT2D eigenvalue weighted by Crippen LogP contribution is -1.97. The van der Waals surface area contributed by atoms with Gasteiger partial charge in [-0.15, -0.1) is 0 Å². The van der Waals surface area contributed by atoms with Gasteiger partial charge in [-0.2, -0.15) is 0 Å². The summed E-state index contributed by atoms with van der Waals surface area (Å²) >= 11 is 0. The number of aliphatic carboxylic acids is 1. The zero-order valence-electron chi connectivity index (χ0n) is 8.96. The zero-order valence-corrected chi connectivity index (χ0v) is 8.96. The molecule has 0 radical (unpaired) electrons. The third-order valence-electron chi connectivity index (χ3n) is 2.43. The average molecular weight is 226 g/mol. The highest BCUT2D eigenvalue weighted by atomic mass is 16.4. The molecule has 0 saturated heterocycles. The minimum absolute atomic E-state index is 0.302. The SMILES string of the molecule is O=C(O)C=CC(=O)c1cccc2ccccc12. The summed E-state index contributed by atoms with van der Waals surface area (Å²) in [6.07, 6.45) is 1.92. The molecule has 17 heavy (non-hydrogen) atoms. The average Bonchev–Trinajstić information content (AvgIpc) is 2.35. The van der Waals surface area contributed by atoms with Crippen LogP contribution in [0.5, 0.6) is 0 Å². The molecule has 0 bridgehead atoms. The van der Waals surface area contributed by atoms with Crippen molar-refractivity contribution in [1.82, 2.24) is 0 Å². The number of fused-ring (bicyclic) bond motifs is 1. The highest BCUT2D eigenvalue weighted by Crippen LogP contribution is 2.19. The second kappa shape index (κ2) is 4.61. The Morgan fingerprint density at radius 3 is 2.41 bits per heavy atom. The highest BCUT2D eigenvalue weighted by Gasteiger charge is 2.06. The molecule has 0 aromatic heterocycles. The molecule has 0 unspecified atom stereocenters. The van der Waals surface area contributed by atoms with Crippen molar-refractivity contribution in [2.75, 3.05) is 0 Å².